The zero-order valence-electron chi connectivity index (χ0n) is 10.4. The Labute approximate surface area is 119 Å². The summed E-state index contributed by atoms with van der Waals surface area (Å²) in [5.74, 6) is 0.0595. The lowest BCUT2D eigenvalue weighted by Gasteiger charge is -2.00. The Balaban J connectivity index is 2.14. The van der Waals surface area contributed by atoms with Gasteiger partial charge in [-0.2, -0.15) is 0 Å². The molecule has 0 radical (unpaired) electrons. The van der Waals surface area contributed by atoms with Crippen molar-refractivity contribution in [2.45, 2.75) is 0 Å². The molecule has 3 heteroatoms. The SMILES string of the molecule is Cn1cc(C(=O)c2ccc(Br)cc2)c2ccccc21. The molecule has 0 unspecified atom stereocenters. The van der Waals surface area contributed by atoms with E-state index in [0.717, 1.165) is 20.9 Å². The summed E-state index contributed by atoms with van der Waals surface area (Å²) in [4.78, 5) is 12.6. The first-order chi connectivity index (χ1) is 9.16. The summed E-state index contributed by atoms with van der Waals surface area (Å²) >= 11 is 3.38. The van der Waals surface area contributed by atoms with Gasteiger partial charge < -0.3 is 4.57 Å². The number of fused-ring (bicyclic) bond motifs is 1. The Morgan fingerprint density at radius 1 is 1.05 bits per heavy atom. The number of hydrogen-bond donors (Lipinski definition) is 0. The fourth-order valence-corrected chi connectivity index (χ4v) is 2.54. The van der Waals surface area contributed by atoms with Crippen LogP contribution in [0.15, 0.2) is 59.2 Å². The second-order valence-corrected chi connectivity index (χ2v) is 5.42. The average molecular weight is 314 g/mol. The number of carbonyl (C=O) groups is 1. The Kier molecular flexibility index (Phi) is 2.99. The van der Waals surface area contributed by atoms with Crippen LogP contribution in [0.1, 0.15) is 15.9 Å². The van der Waals surface area contributed by atoms with Crippen LogP contribution < -0.4 is 0 Å². The van der Waals surface area contributed by atoms with E-state index in [-0.39, 0.29) is 5.78 Å². The number of para-hydroxylation sites is 1. The standard InChI is InChI=1S/C16H12BrNO/c1-18-10-14(13-4-2-3-5-15(13)18)16(19)11-6-8-12(17)9-7-11/h2-10H,1H3. The maximum absolute atomic E-state index is 12.6. The lowest BCUT2D eigenvalue weighted by Crippen LogP contribution is -2.00. The minimum absolute atomic E-state index is 0.0595. The van der Waals surface area contributed by atoms with Gasteiger partial charge in [0.05, 0.1) is 0 Å². The van der Waals surface area contributed by atoms with E-state index in [1.165, 1.54) is 0 Å². The largest absolute Gasteiger partial charge is 0.350 e. The minimum atomic E-state index is 0.0595. The summed E-state index contributed by atoms with van der Waals surface area (Å²) in [6.07, 6.45) is 1.90. The van der Waals surface area contributed by atoms with Crippen LogP contribution in [0, 0.1) is 0 Å². The summed E-state index contributed by atoms with van der Waals surface area (Å²) in [6, 6.07) is 15.4. The molecule has 1 aromatic heterocycles. The van der Waals surface area contributed by atoms with Crippen molar-refractivity contribution < 1.29 is 4.79 Å². The fourth-order valence-electron chi connectivity index (χ4n) is 2.28. The molecule has 2 aromatic carbocycles. The smallest absolute Gasteiger partial charge is 0.195 e. The van der Waals surface area contributed by atoms with Crippen LogP contribution in [0.3, 0.4) is 0 Å². The van der Waals surface area contributed by atoms with Gasteiger partial charge in [0.25, 0.3) is 0 Å². The zero-order chi connectivity index (χ0) is 13.4. The predicted molar refractivity (Wildman–Crippen MR) is 80.5 cm³/mol. The van der Waals surface area contributed by atoms with E-state index in [9.17, 15) is 4.79 Å². The van der Waals surface area contributed by atoms with Gasteiger partial charge in [0.1, 0.15) is 0 Å². The molecule has 3 aromatic rings. The van der Waals surface area contributed by atoms with Crippen molar-refractivity contribution in [2.75, 3.05) is 0 Å². The van der Waals surface area contributed by atoms with Crippen LogP contribution in [0.4, 0.5) is 0 Å². The fraction of sp³-hybridized carbons (Fsp3) is 0.0625. The van der Waals surface area contributed by atoms with Crippen LogP contribution in [0.2, 0.25) is 0 Å². The number of rotatable bonds is 2. The number of ketones is 1. The second-order valence-electron chi connectivity index (χ2n) is 4.51. The minimum Gasteiger partial charge on any atom is -0.350 e. The topological polar surface area (TPSA) is 22.0 Å². The van der Waals surface area contributed by atoms with Gasteiger partial charge in [-0.15, -0.1) is 0 Å². The van der Waals surface area contributed by atoms with E-state index in [4.69, 9.17) is 0 Å². The lowest BCUT2D eigenvalue weighted by molar-refractivity contribution is 0.104. The molecule has 0 aliphatic carbocycles. The first kappa shape index (κ1) is 12.2. The summed E-state index contributed by atoms with van der Waals surface area (Å²) < 4.78 is 2.96. The molecule has 0 amide bonds. The molecule has 0 aliphatic heterocycles. The molecular formula is C16H12BrNO. The number of aromatic nitrogens is 1. The zero-order valence-corrected chi connectivity index (χ0v) is 12.0. The van der Waals surface area contributed by atoms with E-state index in [0.29, 0.717) is 5.56 Å². The summed E-state index contributed by atoms with van der Waals surface area (Å²) in [7, 11) is 1.96. The van der Waals surface area contributed by atoms with Crippen LogP contribution in [0.25, 0.3) is 10.9 Å². The quantitative estimate of drug-likeness (QED) is 0.651. The van der Waals surface area contributed by atoms with Gasteiger partial charge in [0, 0.05) is 39.7 Å². The molecule has 2 nitrogen and oxygen atoms in total. The Morgan fingerprint density at radius 2 is 1.74 bits per heavy atom. The van der Waals surface area contributed by atoms with Gasteiger partial charge in [0.2, 0.25) is 0 Å². The van der Waals surface area contributed by atoms with Crippen molar-refractivity contribution in [3.63, 3.8) is 0 Å². The molecule has 0 spiro atoms. The van der Waals surface area contributed by atoms with Crippen LogP contribution in [-0.4, -0.2) is 10.4 Å². The number of nitrogens with zero attached hydrogens (tertiary/aromatic N) is 1. The van der Waals surface area contributed by atoms with Crippen LogP contribution in [-0.2, 0) is 7.05 Å². The molecule has 0 aliphatic rings. The summed E-state index contributed by atoms with van der Waals surface area (Å²) in [5, 5.41) is 0.998. The molecule has 0 fully saturated rings. The number of carbonyl (C=O) groups excluding carboxylic acids is 1. The number of hydrogen-bond acceptors (Lipinski definition) is 1. The second kappa shape index (κ2) is 4.67. The first-order valence-electron chi connectivity index (χ1n) is 6.01. The normalized spacial score (nSPS) is 10.8. The summed E-state index contributed by atoms with van der Waals surface area (Å²) in [5.41, 5.74) is 2.53. The molecular weight excluding hydrogens is 302 g/mol. The monoisotopic (exact) mass is 313 g/mol. The van der Waals surface area contributed by atoms with Gasteiger partial charge in [-0.1, -0.05) is 34.1 Å². The van der Waals surface area contributed by atoms with Crippen LogP contribution >= 0.6 is 15.9 Å². The van der Waals surface area contributed by atoms with Crippen molar-refractivity contribution in [2.24, 2.45) is 7.05 Å². The molecule has 0 N–H and O–H groups in total. The molecule has 19 heavy (non-hydrogen) atoms. The molecule has 0 atom stereocenters. The third-order valence-corrected chi connectivity index (χ3v) is 3.78. The Morgan fingerprint density at radius 3 is 2.47 bits per heavy atom. The first-order valence-corrected chi connectivity index (χ1v) is 6.80. The van der Waals surface area contributed by atoms with Crippen molar-refractivity contribution in [1.82, 2.24) is 4.57 Å². The van der Waals surface area contributed by atoms with E-state index >= 15 is 0 Å². The maximum Gasteiger partial charge on any atom is 0.195 e. The van der Waals surface area contributed by atoms with Gasteiger partial charge >= 0.3 is 0 Å². The van der Waals surface area contributed by atoms with E-state index in [1.807, 2.05) is 66.3 Å². The molecule has 0 bridgehead atoms. The van der Waals surface area contributed by atoms with E-state index < -0.39 is 0 Å². The van der Waals surface area contributed by atoms with Crippen molar-refractivity contribution in [3.8, 4) is 0 Å². The molecule has 0 saturated carbocycles. The highest BCUT2D eigenvalue weighted by Gasteiger charge is 2.15. The van der Waals surface area contributed by atoms with Gasteiger partial charge in [0.15, 0.2) is 5.78 Å². The molecule has 94 valence electrons. The third kappa shape index (κ3) is 2.10. The highest BCUT2D eigenvalue weighted by atomic mass is 79.9. The van der Waals surface area contributed by atoms with Crippen molar-refractivity contribution in [1.29, 1.82) is 0 Å². The highest BCUT2D eigenvalue weighted by molar-refractivity contribution is 9.10. The van der Waals surface area contributed by atoms with Gasteiger partial charge in [-0.05, 0) is 30.3 Å². The average Bonchev–Trinajstić information content (AvgIpc) is 2.77. The molecule has 1 heterocycles. The molecule has 0 saturated heterocycles. The van der Waals surface area contributed by atoms with Gasteiger partial charge in [-0.3, -0.25) is 4.79 Å². The third-order valence-electron chi connectivity index (χ3n) is 3.25. The highest BCUT2D eigenvalue weighted by Crippen LogP contribution is 2.23. The molecule has 3 rings (SSSR count). The number of aryl methyl sites for hydroxylation is 1. The van der Waals surface area contributed by atoms with Crippen molar-refractivity contribution >= 4 is 32.6 Å². The van der Waals surface area contributed by atoms with Crippen molar-refractivity contribution in [3.05, 3.63) is 70.3 Å². The predicted octanol–water partition coefficient (Wildman–Crippen LogP) is 4.17. The van der Waals surface area contributed by atoms with Gasteiger partial charge in [-0.25, -0.2) is 0 Å². The van der Waals surface area contributed by atoms with Crippen LogP contribution in [0.5, 0.6) is 0 Å². The van der Waals surface area contributed by atoms with E-state index in [2.05, 4.69) is 15.9 Å². The van der Waals surface area contributed by atoms with E-state index in [1.54, 1.807) is 0 Å². The maximum atomic E-state index is 12.6. The summed E-state index contributed by atoms with van der Waals surface area (Å²) in [6.45, 7) is 0. The Bertz CT molecular complexity index is 756. The lowest BCUT2D eigenvalue weighted by atomic mass is 10.0. The number of halogens is 1. The Hall–Kier alpha value is -1.87. The number of benzene rings is 2.